The minimum absolute atomic E-state index is 0.191. The lowest BCUT2D eigenvalue weighted by atomic mass is 10.2. The summed E-state index contributed by atoms with van der Waals surface area (Å²) in [6.07, 6.45) is 3.01. The van der Waals surface area contributed by atoms with E-state index in [9.17, 15) is 9.18 Å². The van der Waals surface area contributed by atoms with Gasteiger partial charge in [-0.25, -0.2) is 9.37 Å². The van der Waals surface area contributed by atoms with E-state index in [2.05, 4.69) is 15.3 Å². The van der Waals surface area contributed by atoms with Crippen LogP contribution in [0.1, 0.15) is 21.7 Å². The van der Waals surface area contributed by atoms with Crippen molar-refractivity contribution in [3.8, 4) is 0 Å². The molecule has 21 heavy (non-hydrogen) atoms. The number of halogens is 1. The van der Waals surface area contributed by atoms with Crippen LogP contribution in [0.4, 0.5) is 4.39 Å². The molecule has 1 N–H and O–H groups in total. The van der Waals surface area contributed by atoms with Crippen LogP contribution in [-0.2, 0) is 5.75 Å². The molecule has 2 rings (SSSR count). The fourth-order valence-corrected chi connectivity index (χ4v) is 2.48. The zero-order chi connectivity index (χ0) is 15.1. The molecule has 4 nitrogen and oxygen atoms in total. The third-order valence-electron chi connectivity index (χ3n) is 2.76. The second-order valence-electron chi connectivity index (χ2n) is 4.44. The number of hydrogen-bond donors (Lipinski definition) is 1. The van der Waals surface area contributed by atoms with Crippen LogP contribution in [0.15, 0.2) is 36.7 Å². The number of amides is 1. The van der Waals surface area contributed by atoms with Crippen LogP contribution in [-0.4, -0.2) is 28.2 Å². The molecule has 0 aliphatic carbocycles. The molecular weight excluding hydrogens is 289 g/mol. The standard InChI is InChI=1S/C15H16FN3OS/c1-11-8-19-14(9-18-11)15(20)17-6-7-21-10-12-4-2-3-5-13(12)16/h2-5,8-9H,6-7,10H2,1H3,(H,17,20). The van der Waals surface area contributed by atoms with Gasteiger partial charge in [0.2, 0.25) is 0 Å². The first kappa shape index (κ1) is 15.4. The van der Waals surface area contributed by atoms with Crippen molar-refractivity contribution in [3.05, 3.63) is 59.4 Å². The number of carbonyl (C=O) groups excluding carboxylic acids is 1. The van der Waals surface area contributed by atoms with Gasteiger partial charge in [0, 0.05) is 24.2 Å². The van der Waals surface area contributed by atoms with Crippen molar-refractivity contribution in [2.24, 2.45) is 0 Å². The van der Waals surface area contributed by atoms with Crippen LogP contribution < -0.4 is 5.32 Å². The largest absolute Gasteiger partial charge is 0.350 e. The summed E-state index contributed by atoms with van der Waals surface area (Å²) in [4.78, 5) is 19.8. The van der Waals surface area contributed by atoms with Crippen LogP contribution >= 0.6 is 11.8 Å². The first-order valence-corrected chi connectivity index (χ1v) is 7.70. The van der Waals surface area contributed by atoms with E-state index in [1.807, 2.05) is 13.0 Å². The Morgan fingerprint density at radius 1 is 1.29 bits per heavy atom. The Morgan fingerprint density at radius 3 is 2.81 bits per heavy atom. The highest BCUT2D eigenvalue weighted by Gasteiger charge is 2.06. The molecular formula is C15H16FN3OS. The Hall–Kier alpha value is -1.95. The topological polar surface area (TPSA) is 54.9 Å². The minimum atomic E-state index is -0.242. The summed E-state index contributed by atoms with van der Waals surface area (Å²) in [6, 6.07) is 6.71. The third kappa shape index (κ3) is 4.82. The van der Waals surface area contributed by atoms with Gasteiger partial charge in [0.05, 0.1) is 11.9 Å². The van der Waals surface area contributed by atoms with Crippen molar-refractivity contribution in [2.75, 3.05) is 12.3 Å². The number of thioether (sulfide) groups is 1. The highest BCUT2D eigenvalue weighted by Crippen LogP contribution is 2.14. The summed E-state index contributed by atoms with van der Waals surface area (Å²) in [5.41, 5.74) is 1.75. The summed E-state index contributed by atoms with van der Waals surface area (Å²) in [5.74, 6) is 0.865. The van der Waals surface area contributed by atoms with Gasteiger partial charge < -0.3 is 5.32 Å². The molecule has 0 unspecified atom stereocenters. The maximum Gasteiger partial charge on any atom is 0.271 e. The molecule has 6 heteroatoms. The number of aryl methyl sites for hydroxylation is 1. The summed E-state index contributed by atoms with van der Waals surface area (Å²) in [7, 11) is 0. The van der Waals surface area contributed by atoms with Crippen LogP contribution in [0.3, 0.4) is 0 Å². The molecule has 0 spiro atoms. The zero-order valence-corrected chi connectivity index (χ0v) is 12.5. The minimum Gasteiger partial charge on any atom is -0.350 e. The number of rotatable bonds is 6. The third-order valence-corrected chi connectivity index (χ3v) is 3.77. The molecule has 1 aromatic carbocycles. The Morgan fingerprint density at radius 2 is 2.10 bits per heavy atom. The van der Waals surface area contributed by atoms with E-state index in [4.69, 9.17) is 0 Å². The summed E-state index contributed by atoms with van der Waals surface area (Å²) >= 11 is 1.57. The van der Waals surface area contributed by atoms with Gasteiger partial charge in [0.25, 0.3) is 5.91 Å². The molecule has 1 amide bonds. The molecule has 0 aliphatic rings. The van der Waals surface area contributed by atoms with E-state index in [1.165, 1.54) is 12.3 Å². The van der Waals surface area contributed by atoms with E-state index in [0.717, 1.165) is 5.69 Å². The van der Waals surface area contributed by atoms with Crippen LogP contribution in [0.25, 0.3) is 0 Å². The van der Waals surface area contributed by atoms with Crippen LogP contribution in [0.2, 0.25) is 0 Å². The predicted molar refractivity (Wildman–Crippen MR) is 81.7 cm³/mol. The molecule has 1 aromatic heterocycles. The fraction of sp³-hybridized carbons (Fsp3) is 0.267. The lowest BCUT2D eigenvalue weighted by Gasteiger charge is -2.05. The van der Waals surface area contributed by atoms with Crippen LogP contribution in [0.5, 0.6) is 0 Å². The van der Waals surface area contributed by atoms with Crippen molar-refractivity contribution in [3.63, 3.8) is 0 Å². The van der Waals surface area contributed by atoms with Gasteiger partial charge in [-0.05, 0) is 18.6 Å². The number of nitrogens with zero attached hydrogens (tertiary/aromatic N) is 2. The Bertz CT molecular complexity index is 604. The van der Waals surface area contributed by atoms with Gasteiger partial charge in [-0.2, -0.15) is 11.8 Å². The van der Waals surface area contributed by atoms with E-state index in [-0.39, 0.29) is 11.7 Å². The van der Waals surface area contributed by atoms with E-state index < -0.39 is 0 Å². The lowest BCUT2D eigenvalue weighted by Crippen LogP contribution is -2.26. The SMILES string of the molecule is Cc1cnc(C(=O)NCCSCc2ccccc2F)cn1. The van der Waals surface area contributed by atoms with Crippen molar-refractivity contribution in [1.82, 2.24) is 15.3 Å². The molecule has 110 valence electrons. The first-order chi connectivity index (χ1) is 10.2. The molecule has 0 fully saturated rings. The van der Waals surface area contributed by atoms with E-state index >= 15 is 0 Å². The average Bonchev–Trinajstić information content (AvgIpc) is 2.49. The second kappa shape index (κ2) is 7.73. The molecule has 1 heterocycles. The number of aromatic nitrogens is 2. The lowest BCUT2D eigenvalue weighted by molar-refractivity contribution is 0.0951. The Labute approximate surface area is 127 Å². The number of nitrogens with one attached hydrogen (secondary N) is 1. The van der Waals surface area contributed by atoms with Crippen molar-refractivity contribution in [2.45, 2.75) is 12.7 Å². The molecule has 0 atom stereocenters. The Kier molecular flexibility index (Phi) is 5.68. The quantitative estimate of drug-likeness (QED) is 0.834. The summed E-state index contributed by atoms with van der Waals surface area (Å²) < 4.78 is 13.4. The predicted octanol–water partition coefficient (Wildman–Crippen LogP) is 2.59. The zero-order valence-electron chi connectivity index (χ0n) is 11.7. The monoisotopic (exact) mass is 305 g/mol. The van der Waals surface area contributed by atoms with Gasteiger partial charge in [0.1, 0.15) is 11.5 Å². The smallest absolute Gasteiger partial charge is 0.271 e. The molecule has 2 aromatic rings. The number of carbonyl (C=O) groups is 1. The molecule has 0 bridgehead atoms. The normalized spacial score (nSPS) is 10.4. The summed E-state index contributed by atoms with van der Waals surface area (Å²) in [6.45, 7) is 2.32. The Balaban J connectivity index is 1.69. The summed E-state index contributed by atoms with van der Waals surface area (Å²) in [5, 5.41) is 2.76. The number of hydrogen-bond acceptors (Lipinski definition) is 4. The van der Waals surface area contributed by atoms with Crippen molar-refractivity contribution < 1.29 is 9.18 Å². The van der Waals surface area contributed by atoms with Crippen molar-refractivity contribution >= 4 is 17.7 Å². The van der Waals surface area contributed by atoms with E-state index in [1.54, 1.807) is 30.1 Å². The average molecular weight is 305 g/mol. The highest BCUT2D eigenvalue weighted by atomic mass is 32.2. The van der Waals surface area contributed by atoms with Gasteiger partial charge in [0.15, 0.2) is 0 Å². The first-order valence-electron chi connectivity index (χ1n) is 6.55. The fourth-order valence-electron chi connectivity index (χ4n) is 1.63. The second-order valence-corrected chi connectivity index (χ2v) is 5.55. The maximum absolute atomic E-state index is 13.4. The molecule has 0 saturated carbocycles. The molecule has 0 saturated heterocycles. The van der Waals surface area contributed by atoms with Gasteiger partial charge >= 0.3 is 0 Å². The maximum atomic E-state index is 13.4. The highest BCUT2D eigenvalue weighted by molar-refractivity contribution is 7.98. The molecule has 0 aliphatic heterocycles. The van der Waals surface area contributed by atoms with Crippen molar-refractivity contribution in [1.29, 1.82) is 0 Å². The van der Waals surface area contributed by atoms with Crippen LogP contribution in [0, 0.1) is 12.7 Å². The van der Waals surface area contributed by atoms with E-state index in [0.29, 0.717) is 29.3 Å². The molecule has 0 radical (unpaired) electrons. The van der Waals surface area contributed by atoms with Gasteiger partial charge in [-0.1, -0.05) is 18.2 Å². The van der Waals surface area contributed by atoms with Gasteiger partial charge in [-0.3, -0.25) is 9.78 Å². The number of benzene rings is 1. The van der Waals surface area contributed by atoms with Gasteiger partial charge in [-0.15, -0.1) is 0 Å².